The number of carbonyl (C=O) groups is 1. The fourth-order valence-electron chi connectivity index (χ4n) is 3.39. The van der Waals surface area contributed by atoms with Crippen LogP contribution in [0.15, 0.2) is 60.7 Å². The van der Waals surface area contributed by atoms with Crippen molar-refractivity contribution < 1.29 is 4.79 Å². The summed E-state index contributed by atoms with van der Waals surface area (Å²) < 4.78 is 0. The molecule has 4 heteroatoms. The highest BCUT2D eigenvalue weighted by Gasteiger charge is 2.24. The van der Waals surface area contributed by atoms with E-state index in [2.05, 4.69) is 47.1 Å². The summed E-state index contributed by atoms with van der Waals surface area (Å²) in [5.74, 6) is 0.125. The van der Waals surface area contributed by atoms with Crippen molar-refractivity contribution in [3.8, 4) is 0 Å². The zero-order valence-electron chi connectivity index (χ0n) is 14.0. The van der Waals surface area contributed by atoms with Gasteiger partial charge < -0.3 is 16.0 Å². The molecular weight excluding hydrogens is 298 g/mol. The van der Waals surface area contributed by atoms with E-state index in [0.29, 0.717) is 0 Å². The van der Waals surface area contributed by atoms with Crippen molar-refractivity contribution in [1.29, 1.82) is 0 Å². The standard InChI is InChI=1S/C20H25N3O/c1-15(22-20(24)23-18-12-13-21-14-18)19(16-8-4-2-5-9-16)17-10-6-3-7-11-17/h2-11,15,18-19,21H,12-14H2,1H3,(H2,22,23,24)/t15-,18-/m1/s1. The minimum absolute atomic E-state index is 0.0100. The normalized spacial score (nSPS) is 18.3. The molecule has 3 rings (SSSR count). The van der Waals surface area contributed by atoms with Gasteiger partial charge in [0.25, 0.3) is 0 Å². The van der Waals surface area contributed by atoms with Crippen LogP contribution in [0.5, 0.6) is 0 Å². The lowest BCUT2D eigenvalue weighted by Gasteiger charge is -2.27. The van der Waals surface area contributed by atoms with Gasteiger partial charge in [-0.15, -0.1) is 0 Å². The maximum atomic E-state index is 12.3. The fourth-order valence-corrected chi connectivity index (χ4v) is 3.39. The van der Waals surface area contributed by atoms with Crippen molar-refractivity contribution in [2.75, 3.05) is 13.1 Å². The summed E-state index contributed by atoms with van der Waals surface area (Å²) >= 11 is 0. The zero-order chi connectivity index (χ0) is 16.8. The van der Waals surface area contributed by atoms with Crippen LogP contribution in [0.25, 0.3) is 0 Å². The van der Waals surface area contributed by atoms with Crippen LogP contribution >= 0.6 is 0 Å². The first-order valence-electron chi connectivity index (χ1n) is 8.61. The number of hydrogen-bond donors (Lipinski definition) is 3. The van der Waals surface area contributed by atoms with E-state index >= 15 is 0 Å². The maximum absolute atomic E-state index is 12.3. The predicted molar refractivity (Wildman–Crippen MR) is 97.1 cm³/mol. The Hall–Kier alpha value is -2.33. The van der Waals surface area contributed by atoms with Crippen LogP contribution in [0, 0.1) is 0 Å². The van der Waals surface area contributed by atoms with E-state index in [4.69, 9.17) is 0 Å². The number of nitrogens with one attached hydrogen (secondary N) is 3. The van der Waals surface area contributed by atoms with Gasteiger partial charge in [0.1, 0.15) is 0 Å². The molecule has 1 saturated heterocycles. The molecule has 3 N–H and O–H groups in total. The van der Waals surface area contributed by atoms with Gasteiger partial charge in [-0.1, -0.05) is 60.7 Å². The molecule has 2 atom stereocenters. The van der Waals surface area contributed by atoms with Crippen LogP contribution in [-0.2, 0) is 0 Å². The van der Waals surface area contributed by atoms with Crippen LogP contribution in [0.4, 0.5) is 4.79 Å². The Morgan fingerprint density at radius 1 is 1.04 bits per heavy atom. The smallest absolute Gasteiger partial charge is 0.315 e. The van der Waals surface area contributed by atoms with Gasteiger partial charge in [0, 0.05) is 24.5 Å². The topological polar surface area (TPSA) is 53.2 Å². The van der Waals surface area contributed by atoms with E-state index in [-0.39, 0.29) is 24.0 Å². The van der Waals surface area contributed by atoms with Crippen molar-refractivity contribution in [2.45, 2.75) is 31.3 Å². The second kappa shape index (κ2) is 7.97. The summed E-state index contributed by atoms with van der Waals surface area (Å²) in [6.07, 6.45) is 0.989. The summed E-state index contributed by atoms with van der Waals surface area (Å²) in [6.45, 7) is 3.89. The molecule has 0 unspecified atom stereocenters. The number of carbonyl (C=O) groups excluding carboxylic acids is 1. The van der Waals surface area contributed by atoms with E-state index < -0.39 is 0 Å². The summed E-state index contributed by atoms with van der Waals surface area (Å²) in [5.41, 5.74) is 2.41. The molecule has 1 heterocycles. The molecule has 0 aromatic heterocycles. The Morgan fingerprint density at radius 3 is 2.12 bits per heavy atom. The SMILES string of the molecule is C[C@@H](NC(=O)N[C@@H]1CCNC1)C(c1ccccc1)c1ccccc1. The molecule has 0 bridgehead atoms. The fraction of sp³-hybridized carbons (Fsp3) is 0.350. The molecule has 4 nitrogen and oxygen atoms in total. The predicted octanol–water partition coefficient (Wildman–Crippen LogP) is 2.87. The van der Waals surface area contributed by atoms with Gasteiger partial charge >= 0.3 is 6.03 Å². The molecule has 1 fully saturated rings. The van der Waals surface area contributed by atoms with E-state index in [1.54, 1.807) is 0 Å². The van der Waals surface area contributed by atoms with E-state index in [9.17, 15) is 4.79 Å². The molecule has 0 radical (unpaired) electrons. The van der Waals surface area contributed by atoms with Gasteiger partial charge in [-0.3, -0.25) is 0 Å². The summed E-state index contributed by atoms with van der Waals surface area (Å²) in [5, 5.41) is 9.44. The number of hydrogen-bond acceptors (Lipinski definition) is 2. The highest BCUT2D eigenvalue weighted by atomic mass is 16.2. The third-order valence-corrected chi connectivity index (χ3v) is 4.57. The first-order valence-corrected chi connectivity index (χ1v) is 8.61. The van der Waals surface area contributed by atoms with Crippen molar-refractivity contribution in [3.63, 3.8) is 0 Å². The molecule has 0 spiro atoms. The average Bonchev–Trinajstić information content (AvgIpc) is 3.10. The molecule has 126 valence electrons. The van der Waals surface area contributed by atoms with Crippen LogP contribution < -0.4 is 16.0 Å². The highest BCUT2D eigenvalue weighted by molar-refractivity contribution is 5.74. The average molecular weight is 323 g/mol. The highest BCUT2D eigenvalue weighted by Crippen LogP contribution is 2.27. The molecule has 24 heavy (non-hydrogen) atoms. The van der Waals surface area contributed by atoms with Crippen molar-refractivity contribution >= 4 is 6.03 Å². The summed E-state index contributed by atoms with van der Waals surface area (Å²) in [6, 6.07) is 20.8. The zero-order valence-corrected chi connectivity index (χ0v) is 14.0. The largest absolute Gasteiger partial charge is 0.335 e. The van der Waals surface area contributed by atoms with Gasteiger partial charge in [0.05, 0.1) is 0 Å². The van der Waals surface area contributed by atoms with Crippen molar-refractivity contribution in [1.82, 2.24) is 16.0 Å². The molecule has 2 amide bonds. The van der Waals surface area contributed by atoms with Gasteiger partial charge in [0.15, 0.2) is 0 Å². The number of rotatable bonds is 5. The molecule has 0 saturated carbocycles. The third-order valence-electron chi connectivity index (χ3n) is 4.57. The van der Waals surface area contributed by atoms with E-state index in [1.165, 1.54) is 11.1 Å². The van der Waals surface area contributed by atoms with Gasteiger partial charge in [-0.25, -0.2) is 4.79 Å². The Balaban J connectivity index is 1.74. The Labute approximate surface area is 143 Å². The van der Waals surface area contributed by atoms with Crippen LogP contribution in [-0.4, -0.2) is 31.2 Å². The molecule has 2 aromatic carbocycles. The molecule has 1 aliphatic rings. The van der Waals surface area contributed by atoms with Gasteiger partial charge in [-0.2, -0.15) is 0 Å². The number of benzene rings is 2. The lowest BCUT2D eigenvalue weighted by molar-refractivity contribution is 0.233. The van der Waals surface area contributed by atoms with Crippen LogP contribution in [0.1, 0.15) is 30.4 Å². The van der Waals surface area contributed by atoms with Crippen LogP contribution in [0.2, 0.25) is 0 Å². The second-order valence-electron chi connectivity index (χ2n) is 6.40. The Morgan fingerprint density at radius 2 is 1.62 bits per heavy atom. The third kappa shape index (κ3) is 4.15. The minimum atomic E-state index is -0.0898. The minimum Gasteiger partial charge on any atom is -0.335 e. The Kier molecular flexibility index (Phi) is 5.49. The second-order valence-corrected chi connectivity index (χ2v) is 6.40. The van der Waals surface area contributed by atoms with Crippen molar-refractivity contribution in [2.24, 2.45) is 0 Å². The Bertz CT molecular complexity index is 599. The molecule has 2 aromatic rings. The maximum Gasteiger partial charge on any atom is 0.315 e. The van der Waals surface area contributed by atoms with Crippen LogP contribution in [0.3, 0.4) is 0 Å². The molecular formula is C20H25N3O. The number of amides is 2. The molecule has 0 aliphatic carbocycles. The number of urea groups is 1. The first kappa shape index (κ1) is 16.5. The van der Waals surface area contributed by atoms with Crippen molar-refractivity contribution in [3.05, 3.63) is 71.8 Å². The first-order chi connectivity index (χ1) is 11.7. The molecule has 1 aliphatic heterocycles. The van der Waals surface area contributed by atoms with Gasteiger partial charge in [0.2, 0.25) is 0 Å². The quantitative estimate of drug-likeness (QED) is 0.792. The summed E-state index contributed by atoms with van der Waals surface area (Å²) in [7, 11) is 0. The lowest BCUT2D eigenvalue weighted by Crippen LogP contribution is -2.47. The summed E-state index contributed by atoms with van der Waals surface area (Å²) in [4.78, 5) is 12.3. The van der Waals surface area contributed by atoms with Gasteiger partial charge in [-0.05, 0) is 31.0 Å². The lowest BCUT2D eigenvalue weighted by atomic mass is 9.86. The van der Waals surface area contributed by atoms with E-state index in [0.717, 1.165) is 19.5 Å². The van der Waals surface area contributed by atoms with E-state index in [1.807, 2.05) is 36.4 Å². The monoisotopic (exact) mass is 323 g/mol.